The van der Waals surface area contributed by atoms with Crippen LogP contribution >= 0.6 is 0 Å². The van der Waals surface area contributed by atoms with Gasteiger partial charge in [0.2, 0.25) is 0 Å². The molecule has 0 bridgehead atoms. The Morgan fingerprint density at radius 3 is 2.60 bits per heavy atom. The van der Waals surface area contributed by atoms with Gasteiger partial charge in [-0.05, 0) is 50.6 Å². The minimum atomic E-state index is -4.00. The summed E-state index contributed by atoms with van der Waals surface area (Å²) in [6.45, 7) is 6.47. The molecule has 2 aliphatic rings. The third-order valence-electron chi connectivity index (χ3n) is 7.76. The molecule has 0 saturated carbocycles. The van der Waals surface area contributed by atoms with Crippen molar-refractivity contribution in [2.45, 2.75) is 49.9 Å². The SMILES string of the molecule is CC(C)(C)OC(=O)N1CCC2(C1)OCc1cnc3c(c(-c4ccc5c(=O)c5c4)cn3S(=O)(=O)c3ccccc3)c12. The van der Waals surface area contributed by atoms with E-state index < -0.39 is 27.3 Å². The van der Waals surface area contributed by atoms with Crippen LogP contribution in [0.3, 0.4) is 0 Å². The highest BCUT2D eigenvalue weighted by atomic mass is 32.2. The van der Waals surface area contributed by atoms with Crippen LogP contribution in [0.4, 0.5) is 4.79 Å². The van der Waals surface area contributed by atoms with Gasteiger partial charge in [0, 0.05) is 58.2 Å². The molecule has 1 spiro atoms. The quantitative estimate of drug-likeness (QED) is 0.317. The smallest absolute Gasteiger partial charge is 0.410 e. The molecule has 1 amide bonds. The number of fused-ring (bicyclic) bond motifs is 5. The average Bonchev–Trinajstić information content (AvgIpc) is 3.31. The summed E-state index contributed by atoms with van der Waals surface area (Å²) in [7, 11) is -4.00. The summed E-state index contributed by atoms with van der Waals surface area (Å²) in [6.07, 6.45) is 3.36. The van der Waals surface area contributed by atoms with Crippen LogP contribution in [0, 0.1) is 0 Å². The van der Waals surface area contributed by atoms with Crippen LogP contribution in [0.2, 0.25) is 0 Å². The molecule has 1 atom stereocenters. The number of ether oxygens (including phenoxy) is 2. The monoisotopic (exact) mass is 557 g/mol. The van der Waals surface area contributed by atoms with Crippen molar-refractivity contribution in [2.24, 2.45) is 0 Å². The number of likely N-dealkylation sites (tertiary alicyclic amines) is 1. The molecule has 0 aliphatic carbocycles. The minimum absolute atomic E-state index is 0.00107. The van der Waals surface area contributed by atoms with Gasteiger partial charge in [-0.25, -0.2) is 22.2 Å². The van der Waals surface area contributed by atoms with Crippen molar-refractivity contribution in [2.75, 3.05) is 13.1 Å². The van der Waals surface area contributed by atoms with Crippen LogP contribution in [-0.4, -0.2) is 47.1 Å². The van der Waals surface area contributed by atoms with E-state index in [1.807, 2.05) is 26.8 Å². The Bertz CT molecular complexity index is 1960. The molecule has 5 aromatic rings. The highest BCUT2D eigenvalue weighted by molar-refractivity contribution is 7.90. The zero-order valence-corrected chi connectivity index (χ0v) is 23.1. The first kappa shape index (κ1) is 25.0. The van der Waals surface area contributed by atoms with Gasteiger partial charge in [0.15, 0.2) is 11.1 Å². The molecule has 1 saturated heterocycles. The van der Waals surface area contributed by atoms with Crippen molar-refractivity contribution >= 4 is 37.9 Å². The molecule has 3 aromatic carbocycles. The van der Waals surface area contributed by atoms with Crippen molar-refractivity contribution in [3.8, 4) is 11.1 Å². The number of aromatic nitrogens is 2. The third-order valence-corrected chi connectivity index (χ3v) is 9.43. The lowest BCUT2D eigenvalue weighted by Crippen LogP contribution is -2.38. The number of pyridine rings is 1. The van der Waals surface area contributed by atoms with Crippen molar-refractivity contribution in [3.05, 3.63) is 82.3 Å². The zero-order chi connectivity index (χ0) is 28.0. The average molecular weight is 558 g/mol. The molecule has 40 heavy (non-hydrogen) atoms. The summed E-state index contributed by atoms with van der Waals surface area (Å²) >= 11 is 0. The van der Waals surface area contributed by atoms with Crippen LogP contribution in [0.5, 0.6) is 0 Å². The lowest BCUT2D eigenvalue weighted by atomic mass is 9.88. The molecule has 0 radical (unpaired) electrons. The van der Waals surface area contributed by atoms with Crippen LogP contribution < -0.4 is 5.43 Å². The Balaban J connectivity index is 1.44. The van der Waals surface area contributed by atoms with E-state index in [2.05, 4.69) is 4.98 Å². The fraction of sp³-hybridized carbons (Fsp3) is 0.300. The van der Waals surface area contributed by atoms with Gasteiger partial charge in [-0.1, -0.05) is 24.3 Å². The van der Waals surface area contributed by atoms with Crippen LogP contribution in [0.1, 0.15) is 38.3 Å². The number of rotatable bonds is 3. The van der Waals surface area contributed by atoms with E-state index in [9.17, 15) is 18.0 Å². The van der Waals surface area contributed by atoms with E-state index >= 15 is 0 Å². The maximum atomic E-state index is 13.9. The molecule has 9 nitrogen and oxygen atoms in total. The molecular formula is C30H27N3O6S. The number of carbonyl (C=O) groups excluding carboxylic acids is 1. The van der Waals surface area contributed by atoms with Gasteiger partial charge in [-0.15, -0.1) is 0 Å². The van der Waals surface area contributed by atoms with Gasteiger partial charge >= 0.3 is 6.09 Å². The minimum Gasteiger partial charge on any atom is -0.444 e. The van der Waals surface area contributed by atoms with E-state index in [1.54, 1.807) is 59.8 Å². The first-order valence-corrected chi connectivity index (χ1v) is 14.6. The molecule has 10 heteroatoms. The molecule has 2 aliphatic heterocycles. The predicted molar refractivity (Wildman–Crippen MR) is 149 cm³/mol. The fourth-order valence-electron chi connectivity index (χ4n) is 5.87. The highest BCUT2D eigenvalue weighted by Gasteiger charge is 2.50. The number of benzene rings is 2. The Kier molecular flexibility index (Phi) is 5.15. The Morgan fingerprint density at radius 2 is 1.88 bits per heavy atom. The first-order chi connectivity index (χ1) is 19.0. The van der Waals surface area contributed by atoms with E-state index in [1.165, 1.54) is 3.97 Å². The van der Waals surface area contributed by atoms with Crippen LogP contribution in [-0.2, 0) is 31.7 Å². The van der Waals surface area contributed by atoms with Gasteiger partial charge in [-0.3, -0.25) is 4.79 Å². The summed E-state index contributed by atoms with van der Waals surface area (Å²) in [5, 5.41) is 1.96. The van der Waals surface area contributed by atoms with Gasteiger partial charge in [0.25, 0.3) is 10.0 Å². The summed E-state index contributed by atoms with van der Waals surface area (Å²) < 4.78 is 41.0. The molecule has 204 valence electrons. The molecule has 1 unspecified atom stereocenters. The number of carbonyl (C=O) groups is 1. The summed E-state index contributed by atoms with van der Waals surface area (Å²) in [6, 6.07) is 13.6. The summed E-state index contributed by atoms with van der Waals surface area (Å²) in [4.78, 5) is 31.5. The molecular weight excluding hydrogens is 530 g/mol. The van der Waals surface area contributed by atoms with Gasteiger partial charge in [0.1, 0.15) is 11.2 Å². The van der Waals surface area contributed by atoms with Gasteiger partial charge in [-0.2, -0.15) is 0 Å². The second-order valence-corrected chi connectivity index (χ2v) is 13.4. The number of nitrogens with zero attached hydrogens (tertiary/aromatic N) is 3. The summed E-state index contributed by atoms with van der Waals surface area (Å²) in [5.41, 5.74) is 1.83. The molecule has 4 heterocycles. The molecule has 1 fully saturated rings. The molecule has 0 N–H and O–H groups in total. The van der Waals surface area contributed by atoms with Crippen molar-refractivity contribution < 1.29 is 22.7 Å². The van der Waals surface area contributed by atoms with E-state index in [0.29, 0.717) is 41.3 Å². The maximum Gasteiger partial charge on any atom is 0.410 e. The topological polar surface area (TPSA) is 108 Å². The van der Waals surface area contributed by atoms with Gasteiger partial charge < -0.3 is 14.4 Å². The second kappa shape index (κ2) is 8.25. The predicted octanol–water partition coefficient (Wildman–Crippen LogP) is 4.70. The number of hydrogen-bond donors (Lipinski definition) is 0. The lowest BCUT2D eigenvalue weighted by molar-refractivity contribution is -0.0320. The van der Waals surface area contributed by atoms with E-state index in [4.69, 9.17) is 9.47 Å². The first-order valence-electron chi connectivity index (χ1n) is 13.1. The number of amides is 1. The molecule has 7 rings (SSSR count). The van der Waals surface area contributed by atoms with Crippen molar-refractivity contribution in [1.29, 1.82) is 0 Å². The standard InChI is InChI=1S/C30H27N3O6S/c1-29(2,3)39-28(35)32-12-11-30(17-32)25-19(16-38-30)14-31-27-24(25)23(18-9-10-21-22(13-18)26(21)34)15-33(27)40(36,37)20-7-5-4-6-8-20/h4-10,13-15H,11-12,16-17H2,1-3H3. The Hall–Kier alpha value is -4.02. The highest BCUT2D eigenvalue weighted by Crippen LogP contribution is 2.49. The van der Waals surface area contributed by atoms with Crippen LogP contribution in [0.25, 0.3) is 32.9 Å². The second-order valence-electron chi connectivity index (χ2n) is 11.5. The van der Waals surface area contributed by atoms with Crippen molar-refractivity contribution in [1.82, 2.24) is 13.9 Å². The van der Waals surface area contributed by atoms with E-state index in [-0.39, 0.29) is 22.5 Å². The lowest BCUT2D eigenvalue weighted by Gasteiger charge is -2.27. The maximum absolute atomic E-state index is 13.9. The van der Waals surface area contributed by atoms with Gasteiger partial charge in [0.05, 0.1) is 18.0 Å². The Morgan fingerprint density at radius 1 is 1.10 bits per heavy atom. The molecule has 2 aromatic heterocycles. The third kappa shape index (κ3) is 3.70. The van der Waals surface area contributed by atoms with E-state index in [0.717, 1.165) is 16.7 Å². The largest absolute Gasteiger partial charge is 0.444 e. The fourth-order valence-corrected chi connectivity index (χ4v) is 7.21. The summed E-state index contributed by atoms with van der Waals surface area (Å²) in [5.74, 6) is 0. The Labute approximate surface area is 230 Å². The van der Waals surface area contributed by atoms with Crippen LogP contribution in [0.15, 0.2) is 70.6 Å². The zero-order valence-electron chi connectivity index (χ0n) is 22.3. The van der Waals surface area contributed by atoms with Crippen molar-refractivity contribution in [3.63, 3.8) is 0 Å². The normalized spacial score (nSPS) is 19.3. The number of hydrogen-bond acceptors (Lipinski definition) is 7.